The Bertz CT molecular complexity index is 549. The number of nitrogens with zero attached hydrogens (tertiary/aromatic N) is 2. The van der Waals surface area contributed by atoms with Gasteiger partial charge in [-0.25, -0.2) is 0 Å². The predicted molar refractivity (Wildman–Crippen MR) is 98.1 cm³/mol. The zero-order valence-corrected chi connectivity index (χ0v) is 15.1. The standard InChI is InChI=1S/C19H30N4O/c1-14(2)19-20-16(12-18(24)21-19)13-22-8-10-23(11-9-22)17-6-4-15(3)5-7-17/h4-7,14,16,19-20H,8-13H2,1-3H3,(H,21,24). The van der Waals surface area contributed by atoms with Crippen LogP contribution in [0, 0.1) is 12.8 Å². The molecule has 0 saturated carbocycles. The number of aryl methyl sites for hydroxylation is 1. The Morgan fingerprint density at radius 3 is 2.42 bits per heavy atom. The van der Waals surface area contributed by atoms with Gasteiger partial charge in [0.05, 0.1) is 6.17 Å². The summed E-state index contributed by atoms with van der Waals surface area (Å²) in [4.78, 5) is 16.9. The second-order valence-corrected chi connectivity index (χ2v) is 7.48. The SMILES string of the molecule is Cc1ccc(N2CCN(CC3CC(=O)NC(C(C)C)N3)CC2)cc1. The number of rotatable bonds is 4. The van der Waals surface area contributed by atoms with Crippen LogP contribution in [0.5, 0.6) is 0 Å². The van der Waals surface area contributed by atoms with E-state index in [0.29, 0.717) is 12.3 Å². The minimum Gasteiger partial charge on any atom is -0.369 e. The molecular formula is C19H30N4O. The molecule has 2 fully saturated rings. The molecule has 2 unspecified atom stereocenters. The highest BCUT2D eigenvalue weighted by Gasteiger charge is 2.29. The largest absolute Gasteiger partial charge is 0.369 e. The number of piperazine rings is 1. The molecule has 0 aromatic heterocycles. The van der Waals surface area contributed by atoms with Crippen molar-refractivity contribution < 1.29 is 4.79 Å². The minimum atomic E-state index is 0.102. The van der Waals surface area contributed by atoms with Crippen molar-refractivity contribution >= 4 is 11.6 Å². The van der Waals surface area contributed by atoms with Gasteiger partial charge >= 0.3 is 0 Å². The zero-order chi connectivity index (χ0) is 17.1. The van der Waals surface area contributed by atoms with Gasteiger partial charge in [-0.15, -0.1) is 0 Å². The minimum absolute atomic E-state index is 0.102. The first-order chi connectivity index (χ1) is 11.5. The van der Waals surface area contributed by atoms with Crippen LogP contribution in [-0.2, 0) is 4.79 Å². The maximum Gasteiger partial charge on any atom is 0.222 e. The quantitative estimate of drug-likeness (QED) is 0.880. The Morgan fingerprint density at radius 1 is 1.12 bits per heavy atom. The van der Waals surface area contributed by atoms with Crippen LogP contribution in [0.25, 0.3) is 0 Å². The molecule has 1 aromatic rings. The van der Waals surface area contributed by atoms with E-state index in [1.165, 1.54) is 11.3 Å². The lowest BCUT2D eigenvalue weighted by Crippen LogP contribution is -2.62. The van der Waals surface area contributed by atoms with Gasteiger partial charge < -0.3 is 10.2 Å². The molecule has 24 heavy (non-hydrogen) atoms. The van der Waals surface area contributed by atoms with Gasteiger partial charge in [-0.1, -0.05) is 31.5 Å². The number of anilines is 1. The fraction of sp³-hybridized carbons (Fsp3) is 0.632. The molecule has 2 aliphatic rings. The van der Waals surface area contributed by atoms with Crippen LogP contribution in [0.4, 0.5) is 5.69 Å². The van der Waals surface area contributed by atoms with Crippen molar-refractivity contribution in [3.63, 3.8) is 0 Å². The third kappa shape index (κ3) is 4.28. The molecule has 3 rings (SSSR count). The Balaban J connectivity index is 1.50. The summed E-state index contributed by atoms with van der Waals surface area (Å²) >= 11 is 0. The van der Waals surface area contributed by atoms with Crippen LogP contribution < -0.4 is 15.5 Å². The first-order valence-corrected chi connectivity index (χ1v) is 9.10. The van der Waals surface area contributed by atoms with Crippen LogP contribution in [0.1, 0.15) is 25.8 Å². The molecule has 2 atom stereocenters. The van der Waals surface area contributed by atoms with Crippen molar-refractivity contribution in [2.75, 3.05) is 37.6 Å². The third-order valence-electron chi connectivity index (χ3n) is 5.08. The molecule has 132 valence electrons. The number of benzene rings is 1. The van der Waals surface area contributed by atoms with Crippen LogP contribution in [0.2, 0.25) is 0 Å². The first kappa shape index (κ1) is 17.2. The molecule has 0 bridgehead atoms. The summed E-state index contributed by atoms with van der Waals surface area (Å²) in [5, 5.41) is 6.63. The van der Waals surface area contributed by atoms with Gasteiger partial charge in [0, 0.05) is 50.9 Å². The Hall–Kier alpha value is -1.59. The van der Waals surface area contributed by atoms with Crippen LogP contribution in [0.15, 0.2) is 24.3 Å². The molecular weight excluding hydrogens is 300 g/mol. The van der Waals surface area contributed by atoms with Crippen LogP contribution in [0.3, 0.4) is 0 Å². The first-order valence-electron chi connectivity index (χ1n) is 9.10. The van der Waals surface area contributed by atoms with E-state index < -0.39 is 0 Å². The molecule has 1 amide bonds. The normalized spacial score (nSPS) is 25.8. The Morgan fingerprint density at radius 2 is 1.79 bits per heavy atom. The van der Waals surface area contributed by atoms with Gasteiger partial charge in [-0.3, -0.25) is 15.0 Å². The average molecular weight is 330 g/mol. The van der Waals surface area contributed by atoms with E-state index in [4.69, 9.17) is 0 Å². The van der Waals surface area contributed by atoms with Crippen molar-refractivity contribution in [3.8, 4) is 0 Å². The van der Waals surface area contributed by atoms with E-state index in [-0.39, 0.29) is 18.1 Å². The fourth-order valence-electron chi connectivity index (χ4n) is 3.54. The molecule has 5 heteroatoms. The molecule has 5 nitrogen and oxygen atoms in total. The maximum atomic E-state index is 11.9. The molecule has 0 aliphatic carbocycles. The molecule has 2 heterocycles. The summed E-state index contributed by atoms with van der Waals surface area (Å²) in [7, 11) is 0. The molecule has 2 saturated heterocycles. The zero-order valence-electron chi connectivity index (χ0n) is 15.1. The van der Waals surface area contributed by atoms with E-state index in [1.54, 1.807) is 0 Å². The summed E-state index contributed by atoms with van der Waals surface area (Å²) in [5.41, 5.74) is 2.62. The summed E-state index contributed by atoms with van der Waals surface area (Å²) in [5.74, 6) is 0.589. The van der Waals surface area contributed by atoms with Gasteiger partial charge in [-0.05, 0) is 25.0 Å². The monoisotopic (exact) mass is 330 g/mol. The molecule has 1 aromatic carbocycles. The van der Waals surface area contributed by atoms with Gasteiger partial charge in [0.15, 0.2) is 0 Å². The lowest BCUT2D eigenvalue weighted by Gasteiger charge is -2.40. The molecule has 0 spiro atoms. The highest BCUT2D eigenvalue weighted by atomic mass is 16.2. The summed E-state index contributed by atoms with van der Waals surface area (Å²) in [6.45, 7) is 11.6. The second kappa shape index (κ2) is 7.53. The average Bonchev–Trinajstić information content (AvgIpc) is 2.56. The Kier molecular flexibility index (Phi) is 5.41. The van der Waals surface area contributed by atoms with Gasteiger partial charge in [-0.2, -0.15) is 0 Å². The van der Waals surface area contributed by atoms with Crippen molar-refractivity contribution in [1.82, 2.24) is 15.5 Å². The molecule has 2 N–H and O–H groups in total. The number of amides is 1. The van der Waals surface area contributed by atoms with E-state index in [1.807, 2.05) is 0 Å². The number of carbonyl (C=O) groups excluding carboxylic acids is 1. The fourth-order valence-corrected chi connectivity index (χ4v) is 3.54. The van der Waals surface area contributed by atoms with E-state index in [0.717, 1.165) is 32.7 Å². The second-order valence-electron chi connectivity index (χ2n) is 7.48. The predicted octanol–water partition coefficient (Wildman–Crippen LogP) is 1.58. The molecule has 0 radical (unpaired) electrons. The van der Waals surface area contributed by atoms with Crippen LogP contribution in [-0.4, -0.2) is 55.7 Å². The smallest absolute Gasteiger partial charge is 0.222 e. The van der Waals surface area contributed by atoms with Gasteiger partial charge in [0.25, 0.3) is 0 Å². The lowest BCUT2D eigenvalue weighted by molar-refractivity contribution is -0.125. The number of carbonyl (C=O) groups is 1. The maximum absolute atomic E-state index is 11.9. The number of hydrogen-bond donors (Lipinski definition) is 2. The van der Waals surface area contributed by atoms with E-state index in [9.17, 15) is 4.79 Å². The Labute approximate surface area is 145 Å². The molecule has 2 aliphatic heterocycles. The highest BCUT2D eigenvalue weighted by Crippen LogP contribution is 2.18. The summed E-state index contributed by atoms with van der Waals surface area (Å²) < 4.78 is 0. The van der Waals surface area contributed by atoms with Gasteiger partial charge in [0.1, 0.15) is 0 Å². The lowest BCUT2D eigenvalue weighted by atomic mass is 10.0. The number of hydrogen-bond acceptors (Lipinski definition) is 4. The summed E-state index contributed by atoms with van der Waals surface area (Å²) in [6.07, 6.45) is 0.687. The number of nitrogens with one attached hydrogen (secondary N) is 2. The van der Waals surface area contributed by atoms with E-state index in [2.05, 4.69) is 65.5 Å². The van der Waals surface area contributed by atoms with Crippen molar-refractivity contribution in [2.45, 2.75) is 39.4 Å². The van der Waals surface area contributed by atoms with Crippen molar-refractivity contribution in [1.29, 1.82) is 0 Å². The highest BCUT2D eigenvalue weighted by molar-refractivity contribution is 5.77. The van der Waals surface area contributed by atoms with Crippen molar-refractivity contribution in [3.05, 3.63) is 29.8 Å². The van der Waals surface area contributed by atoms with Gasteiger partial charge in [0.2, 0.25) is 5.91 Å². The topological polar surface area (TPSA) is 47.6 Å². The van der Waals surface area contributed by atoms with E-state index >= 15 is 0 Å². The van der Waals surface area contributed by atoms with Crippen LogP contribution >= 0.6 is 0 Å². The van der Waals surface area contributed by atoms with Crippen molar-refractivity contribution in [2.24, 2.45) is 5.92 Å². The third-order valence-corrected chi connectivity index (χ3v) is 5.08. The summed E-state index contributed by atoms with van der Waals surface area (Å²) in [6, 6.07) is 9.05.